The van der Waals surface area contributed by atoms with Crippen LogP contribution in [0.3, 0.4) is 0 Å². The number of nitrogens with one attached hydrogen (secondary N) is 6. The van der Waals surface area contributed by atoms with Crippen molar-refractivity contribution in [2.24, 2.45) is 5.73 Å². The van der Waals surface area contributed by atoms with E-state index in [1.807, 2.05) is 32.9 Å². The van der Waals surface area contributed by atoms with Crippen LogP contribution in [0.15, 0.2) is 55.4 Å². The van der Waals surface area contributed by atoms with Crippen molar-refractivity contribution < 1.29 is 72.9 Å². The quantitative estimate of drug-likeness (QED) is 0.0359. The number of nitrogens with zero attached hydrogens (tertiary/aromatic N) is 5. The molecule has 0 spiro atoms. The van der Waals surface area contributed by atoms with Crippen molar-refractivity contribution in [1.29, 1.82) is 10.5 Å². The second-order valence-corrected chi connectivity index (χ2v) is 22.5. The second-order valence-electron chi connectivity index (χ2n) is 22.1. The number of amides is 1. The largest absolute Gasteiger partial charge is 0.480 e. The highest BCUT2D eigenvalue weighted by molar-refractivity contribution is 6.38. The molecule has 1 amide bonds. The number of nitrogens with two attached hydrogens (primary N) is 1. The van der Waals surface area contributed by atoms with Gasteiger partial charge in [0.05, 0.1) is 72.2 Å². The highest BCUT2D eigenvalue weighted by atomic mass is 35.5. The Kier molecular flexibility index (Phi) is 30.5. The molecule has 0 radical (unpaired) electrons. The maximum atomic E-state index is 12.3. The predicted octanol–water partition coefficient (Wildman–Crippen LogP) is 8.68. The van der Waals surface area contributed by atoms with Crippen LogP contribution in [0, 0.1) is 22.7 Å². The first-order chi connectivity index (χ1) is 42.5. The Bertz CT molecular complexity index is 3380. The van der Waals surface area contributed by atoms with E-state index in [0.29, 0.717) is 77.6 Å². The normalized spacial score (nSPS) is 20.3. The summed E-state index contributed by atoms with van der Waals surface area (Å²) in [7, 11) is 0. The van der Waals surface area contributed by atoms with Crippen molar-refractivity contribution in [1.82, 2.24) is 35.2 Å². The van der Waals surface area contributed by atoms with Crippen LogP contribution in [0.5, 0.6) is 0 Å². The molecule has 0 bridgehead atoms. The second kappa shape index (κ2) is 37.0. The highest BCUT2D eigenvalue weighted by Gasteiger charge is 2.31. The van der Waals surface area contributed by atoms with Gasteiger partial charge in [0.25, 0.3) is 0 Å². The Morgan fingerprint density at radius 2 is 1.04 bits per heavy atom. The van der Waals surface area contributed by atoms with Crippen molar-refractivity contribution in [3.8, 4) is 12.1 Å². The molecule has 0 aliphatic heterocycles. The molecular formula is C61H82Cl2N12O15. The monoisotopic (exact) mass is 1290 g/mol. The van der Waals surface area contributed by atoms with Gasteiger partial charge in [-0.1, -0.05) is 11.6 Å². The van der Waals surface area contributed by atoms with Gasteiger partial charge in [-0.3, -0.25) is 9.59 Å². The summed E-state index contributed by atoms with van der Waals surface area (Å²) >= 11 is 6.05. The molecule has 6 heterocycles. The third kappa shape index (κ3) is 23.6. The molecule has 6 aromatic heterocycles. The lowest BCUT2D eigenvalue weighted by atomic mass is 10.1. The molecule has 10 rings (SSSR count). The number of anilines is 2. The van der Waals surface area contributed by atoms with Crippen LogP contribution < -0.4 is 21.7 Å². The van der Waals surface area contributed by atoms with E-state index in [-0.39, 0.29) is 80.0 Å². The third-order valence-corrected chi connectivity index (χ3v) is 14.4. The number of aromatic amines is 3. The van der Waals surface area contributed by atoms with Crippen molar-refractivity contribution >= 4 is 104 Å². The van der Waals surface area contributed by atoms with Crippen LogP contribution in [0.4, 0.5) is 16.2 Å². The van der Waals surface area contributed by atoms with Crippen LogP contribution in [0.1, 0.15) is 163 Å². The van der Waals surface area contributed by atoms with Gasteiger partial charge in [-0.25, -0.2) is 34.1 Å². The molecule has 490 valence electrons. The first-order valence-electron chi connectivity index (χ1n) is 29.5. The fourth-order valence-corrected chi connectivity index (χ4v) is 10.2. The minimum absolute atomic E-state index is 0. The topological polar surface area (TPSA) is 425 Å². The number of alkyl carbamates (subject to hydrolysis) is 1. The van der Waals surface area contributed by atoms with Crippen molar-refractivity contribution in [3.63, 3.8) is 0 Å². The van der Waals surface area contributed by atoms with Crippen LogP contribution in [0.2, 0.25) is 5.02 Å². The third-order valence-electron chi connectivity index (χ3n) is 14.0. The van der Waals surface area contributed by atoms with Crippen LogP contribution >= 0.6 is 24.0 Å². The average molecular weight is 1290 g/mol. The number of esters is 4. The summed E-state index contributed by atoms with van der Waals surface area (Å²) in [4.78, 5) is 89.6. The number of fused-ring (bicyclic) bond motifs is 3. The zero-order valence-corrected chi connectivity index (χ0v) is 52.8. The molecule has 29 heteroatoms. The number of halogens is 2. The minimum atomic E-state index is -1.07. The van der Waals surface area contributed by atoms with Gasteiger partial charge in [0.2, 0.25) is 0 Å². The number of H-pyrrole nitrogens is 3. The zero-order valence-electron chi connectivity index (χ0n) is 51.2. The summed E-state index contributed by atoms with van der Waals surface area (Å²) in [6.07, 6.45) is 17.3. The lowest BCUT2D eigenvalue weighted by Crippen LogP contribution is -2.38. The minimum Gasteiger partial charge on any atom is -0.480 e. The van der Waals surface area contributed by atoms with Crippen molar-refractivity contribution in [3.05, 3.63) is 77.1 Å². The van der Waals surface area contributed by atoms with Gasteiger partial charge in [0.15, 0.2) is 0 Å². The number of hydrogen-bond acceptors (Lipinski definition) is 22. The molecular weight excluding hydrogens is 1210 g/mol. The molecule has 12 N–H and O–H groups in total. The van der Waals surface area contributed by atoms with Gasteiger partial charge < -0.3 is 80.7 Å². The maximum Gasteiger partial charge on any atom is 0.407 e. The predicted molar refractivity (Wildman–Crippen MR) is 336 cm³/mol. The first kappa shape index (κ1) is 74.2. The number of carbonyl (C=O) groups excluding carboxylic acids is 5. The number of aliphatic carboxylic acids is 1. The maximum absolute atomic E-state index is 12.3. The van der Waals surface area contributed by atoms with Gasteiger partial charge in [-0.15, -0.1) is 12.4 Å². The SMILES string of the molecule is CC(C)(C)OC(=O)N[C@H]1CC[C@H](O)C1.CCOC(=O)c1cnc2[nH]ccc2c1Cl.CCOC(=O)c1cnc2[nH]ccc2c1N[C@H]1CC[C@H](O)C1.CCOC(=O)c1cnc2[nH]ccc2c1N[C@H]1CC[C@H](OC(=O)CC#N)C1.Cl.N#CCC(=O)O.N[C@H]1CC[C@H](O)C1. The molecule has 0 unspecified atom stereocenters. The van der Waals surface area contributed by atoms with E-state index < -0.39 is 42.0 Å². The van der Waals surface area contributed by atoms with E-state index in [1.54, 1.807) is 51.5 Å². The molecule has 4 saturated carbocycles. The molecule has 90 heavy (non-hydrogen) atoms. The number of aliphatic hydroxyl groups is 3. The Morgan fingerprint density at radius 3 is 1.44 bits per heavy atom. The molecule has 0 aromatic carbocycles. The Balaban J connectivity index is 0.000000244. The van der Waals surface area contributed by atoms with E-state index in [1.165, 1.54) is 24.7 Å². The summed E-state index contributed by atoms with van der Waals surface area (Å²) in [6, 6.07) is 9.32. The zero-order chi connectivity index (χ0) is 65.2. The molecule has 4 aliphatic rings. The molecule has 4 aliphatic carbocycles. The van der Waals surface area contributed by atoms with Gasteiger partial charge in [0, 0.05) is 83.9 Å². The number of rotatable bonds is 14. The molecule has 27 nitrogen and oxygen atoms in total. The number of carboxylic acids is 1. The summed E-state index contributed by atoms with van der Waals surface area (Å²) < 4.78 is 25.5. The van der Waals surface area contributed by atoms with E-state index in [0.717, 1.165) is 78.9 Å². The lowest BCUT2D eigenvalue weighted by Gasteiger charge is -2.21. The van der Waals surface area contributed by atoms with Crippen LogP contribution in [-0.2, 0) is 33.3 Å². The Morgan fingerprint density at radius 1 is 0.622 bits per heavy atom. The number of hydrogen-bond donors (Lipinski definition) is 11. The van der Waals surface area contributed by atoms with Gasteiger partial charge in [0.1, 0.15) is 52.6 Å². The van der Waals surface area contributed by atoms with Gasteiger partial charge >= 0.3 is 35.9 Å². The number of carbonyl (C=O) groups is 6. The fraction of sp³-hybridized carbons (Fsp3) is 0.525. The summed E-state index contributed by atoms with van der Waals surface area (Å²) in [5, 5.41) is 63.9. The molecule has 8 atom stereocenters. The number of aromatic nitrogens is 6. The highest BCUT2D eigenvalue weighted by Crippen LogP contribution is 2.33. The summed E-state index contributed by atoms with van der Waals surface area (Å²) in [5.41, 5.74) is 9.59. The number of aliphatic hydroxyl groups excluding tert-OH is 3. The lowest BCUT2D eigenvalue weighted by molar-refractivity contribution is -0.147. The number of nitriles is 2. The number of ether oxygens (including phenoxy) is 5. The summed E-state index contributed by atoms with van der Waals surface area (Å²) in [5.74, 6) is -2.83. The fourth-order valence-electron chi connectivity index (χ4n) is 9.97. The Labute approximate surface area is 531 Å². The molecule has 6 aromatic rings. The van der Waals surface area contributed by atoms with E-state index in [4.69, 9.17) is 61.8 Å². The van der Waals surface area contributed by atoms with E-state index in [2.05, 4.69) is 45.9 Å². The number of pyridine rings is 3. The van der Waals surface area contributed by atoms with Crippen LogP contribution in [0.25, 0.3) is 33.1 Å². The smallest absolute Gasteiger partial charge is 0.407 e. The molecule has 4 fully saturated rings. The van der Waals surface area contributed by atoms with Gasteiger partial charge in [-0.05, 0) is 130 Å². The van der Waals surface area contributed by atoms with Crippen LogP contribution in [-0.4, -0.2) is 160 Å². The van der Waals surface area contributed by atoms with E-state index in [9.17, 15) is 39.0 Å². The van der Waals surface area contributed by atoms with Crippen molar-refractivity contribution in [2.75, 3.05) is 30.5 Å². The first-order valence-corrected chi connectivity index (χ1v) is 29.9. The number of carboxylic acid groups (broad SMARTS) is 1. The van der Waals surface area contributed by atoms with E-state index >= 15 is 0 Å². The molecule has 0 saturated heterocycles. The van der Waals surface area contributed by atoms with Crippen molar-refractivity contribution in [2.45, 2.75) is 186 Å². The average Bonchev–Trinajstić information content (AvgIpc) is 1.58. The van der Waals surface area contributed by atoms with Gasteiger partial charge in [-0.2, -0.15) is 10.5 Å². The summed E-state index contributed by atoms with van der Waals surface area (Å²) in [6.45, 7) is 11.7. The Hall–Kier alpha value is -8.31. The standard InChI is InChI=1S/C18H20N4O4.C15H19N3O3.C10H9ClN2O2.C10H19NO3.C5H11NO.C3H3NO2.ClH/c1-2-25-18(24)14-10-21-17-13(6-8-20-17)16(14)22-11-3-4-12(9-11)26-15(23)5-7-19;1-2-21-15(20)12-8-17-14-11(5-6-16-14)13(12)18-9-3-4-10(19)7-9;1-2-15-10(14)7-5-13-9-6(8(7)11)3-4-12-9;1-10(2,3)14-9(13)11-7-4-5-8(12)6-7;6-4-1-2-5(7)3-4;4-2-1-3(5)6;/h6,8,10-12H,2-5,9H2,1H3,(H2,20,21,22);5-6,8-10,19H,2-4,7H2,1H3,(H2,16,17,18);3-5H,2H2,1H3,(H,12,13);7-8,12H,4-6H2,1-3H3,(H,11,13);4-5,7H,1-3,6H2;1H2,(H,5,6);1H/t11-,12-;9-,10-;;7-,8-;4-,5-;;/m00.00../s1.